The van der Waals surface area contributed by atoms with E-state index in [2.05, 4.69) is 6.92 Å². The van der Waals surface area contributed by atoms with Gasteiger partial charge in [-0.25, -0.2) is 0 Å². The molecule has 0 atom stereocenters. The van der Waals surface area contributed by atoms with Crippen LogP contribution in [0.3, 0.4) is 0 Å². The predicted molar refractivity (Wildman–Crippen MR) is 59.5 cm³/mol. The third-order valence-corrected chi connectivity index (χ3v) is 2.00. The minimum Gasteiger partial charge on any atom is -0.493 e. The summed E-state index contributed by atoms with van der Waals surface area (Å²) in [6.45, 7) is 6.60. The maximum absolute atomic E-state index is 7.63. The van der Waals surface area contributed by atoms with Crippen molar-refractivity contribution in [3.05, 3.63) is 29.3 Å². The molecule has 14 heavy (non-hydrogen) atoms. The molecular weight excluding hydrogens is 174 g/mol. The van der Waals surface area contributed by atoms with E-state index in [-0.39, 0.29) is 0 Å². The van der Waals surface area contributed by atoms with E-state index >= 15 is 0 Å². The van der Waals surface area contributed by atoms with Crippen molar-refractivity contribution in [2.24, 2.45) is 0 Å². The zero-order chi connectivity index (χ0) is 10.6. The van der Waals surface area contributed by atoms with Crippen molar-refractivity contribution >= 4 is 5.71 Å². The van der Waals surface area contributed by atoms with E-state index in [1.807, 2.05) is 25.1 Å². The molecular formula is C12H17NO. The van der Waals surface area contributed by atoms with Gasteiger partial charge < -0.3 is 10.1 Å². The topological polar surface area (TPSA) is 33.1 Å². The zero-order valence-corrected chi connectivity index (χ0v) is 9.05. The largest absolute Gasteiger partial charge is 0.493 e. The number of aryl methyl sites for hydroxylation is 1. The molecule has 2 nitrogen and oxygen atoms in total. The second-order valence-electron chi connectivity index (χ2n) is 3.47. The molecule has 0 aliphatic heterocycles. The number of benzene rings is 1. The summed E-state index contributed by atoms with van der Waals surface area (Å²) in [5.74, 6) is 0.824. The Labute approximate surface area is 85.4 Å². The highest BCUT2D eigenvalue weighted by molar-refractivity contribution is 5.98. The van der Waals surface area contributed by atoms with Crippen molar-refractivity contribution in [1.29, 1.82) is 5.41 Å². The molecule has 1 aromatic carbocycles. The lowest BCUT2D eigenvalue weighted by Crippen LogP contribution is -2.02. The van der Waals surface area contributed by atoms with Gasteiger partial charge in [-0.2, -0.15) is 0 Å². The average molecular weight is 191 g/mol. The first-order valence-electron chi connectivity index (χ1n) is 4.94. The molecule has 0 saturated heterocycles. The zero-order valence-electron chi connectivity index (χ0n) is 9.05. The molecule has 2 heteroatoms. The normalized spacial score (nSPS) is 9.93. The Hall–Kier alpha value is -1.31. The van der Waals surface area contributed by atoms with Gasteiger partial charge in [0, 0.05) is 11.3 Å². The monoisotopic (exact) mass is 191 g/mol. The van der Waals surface area contributed by atoms with Crippen LogP contribution in [-0.4, -0.2) is 12.3 Å². The number of nitrogens with one attached hydrogen (secondary N) is 1. The summed E-state index contributed by atoms with van der Waals surface area (Å²) in [5.41, 5.74) is 2.62. The molecule has 0 unspecified atom stereocenters. The molecule has 1 aromatic rings. The highest BCUT2D eigenvalue weighted by atomic mass is 16.5. The van der Waals surface area contributed by atoms with Gasteiger partial charge in [-0.3, -0.25) is 0 Å². The van der Waals surface area contributed by atoms with Crippen LogP contribution in [0.4, 0.5) is 0 Å². The van der Waals surface area contributed by atoms with Crippen LogP contribution in [0.5, 0.6) is 5.75 Å². The maximum atomic E-state index is 7.63. The van der Waals surface area contributed by atoms with Gasteiger partial charge in [-0.1, -0.05) is 18.6 Å². The second-order valence-corrected chi connectivity index (χ2v) is 3.47. The van der Waals surface area contributed by atoms with Crippen molar-refractivity contribution in [2.75, 3.05) is 6.61 Å². The third kappa shape index (κ3) is 2.59. The highest BCUT2D eigenvalue weighted by Crippen LogP contribution is 2.20. The fourth-order valence-electron chi connectivity index (χ4n) is 1.27. The van der Waals surface area contributed by atoms with E-state index in [1.165, 1.54) is 0 Å². The quantitative estimate of drug-likeness (QED) is 0.728. The van der Waals surface area contributed by atoms with E-state index in [0.29, 0.717) is 12.3 Å². The molecule has 0 aromatic heterocycles. The molecule has 0 aliphatic rings. The molecule has 1 N–H and O–H groups in total. The Bertz CT molecular complexity index is 331. The summed E-state index contributed by atoms with van der Waals surface area (Å²) in [4.78, 5) is 0. The number of hydrogen-bond donors (Lipinski definition) is 1. The minimum atomic E-state index is 0.555. The molecule has 0 aliphatic carbocycles. The molecule has 0 bridgehead atoms. The van der Waals surface area contributed by atoms with Gasteiger partial charge in [0.05, 0.1) is 6.61 Å². The molecule has 0 spiro atoms. The number of hydrogen-bond acceptors (Lipinski definition) is 2. The second kappa shape index (κ2) is 4.80. The van der Waals surface area contributed by atoms with Crippen LogP contribution in [0.1, 0.15) is 31.4 Å². The Morgan fingerprint density at radius 3 is 2.71 bits per heavy atom. The van der Waals surface area contributed by atoms with Crippen molar-refractivity contribution in [1.82, 2.24) is 0 Å². The molecule has 0 heterocycles. The van der Waals surface area contributed by atoms with E-state index in [9.17, 15) is 0 Å². The molecule has 0 amide bonds. The third-order valence-electron chi connectivity index (χ3n) is 2.00. The van der Waals surface area contributed by atoms with Gasteiger partial charge in [0.1, 0.15) is 5.75 Å². The Morgan fingerprint density at radius 2 is 2.14 bits per heavy atom. The lowest BCUT2D eigenvalue weighted by Gasteiger charge is -2.10. The fraction of sp³-hybridized carbons (Fsp3) is 0.417. The summed E-state index contributed by atoms with van der Waals surface area (Å²) < 4.78 is 5.56. The first-order chi connectivity index (χ1) is 6.65. The fourth-order valence-corrected chi connectivity index (χ4v) is 1.27. The van der Waals surface area contributed by atoms with Crippen LogP contribution in [0.15, 0.2) is 18.2 Å². The summed E-state index contributed by atoms with van der Waals surface area (Å²) in [6, 6.07) is 5.95. The first kappa shape index (κ1) is 10.8. The van der Waals surface area contributed by atoms with E-state index in [1.54, 1.807) is 6.92 Å². The van der Waals surface area contributed by atoms with Gasteiger partial charge >= 0.3 is 0 Å². The van der Waals surface area contributed by atoms with Crippen LogP contribution < -0.4 is 4.74 Å². The smallest absolute Gasteiger partial charge is 0.128 e. The molecule has 1 rings (SSSR count). The SMILES string of the molecule is CCCOc1ccc(C)cc1C(C)=N. The van der Waals surface area contributed by atoms with Crippen LogP contribution in [0.2, 0.25) is 0 Å². The predicted octanol–water partition coefficient (Wildman–Crippen LogP) is 3.17. The van der Waals surface area contributed by atoms with Gasteiger partial charge in [0.15, 0.2) is 0 Å². The first-order valence-corrected chi connectivity index (χ1v) is 4.94. The number of rotatable bonds is 4. The number of ether oxygens (including phenoxy) is 1. The summed E-state index contributed by atoms with van der Waals surface area (Å²) in [7, 11) is 0. The Kier molecular flexibility index (Phi) is 3.69. The van der Waals surface area contributed by atoms with Crippen molar-refractivity contribution in [3.63, 3.8) is 0 Å². The Morgan fingerprint density at radius 1 is 1.43 bits per heavy atom. The maximum Gasteiger partial charge on any atom is 0.128 e. The molecule has 0 fully saturated rings. The van der Waals surface area contributed by atoms with E-state index in [4.69, 9.17) is 10.1 Å². The van der Waals surface area contributed by atoms with Crippen LogP contribution in [0.25, 0.3) is 0 Å². The molecule has 0 saturated carbocycles. The van der Waals surface area contributed by atoms with Gasteiger partial charge in [-0.15, -0.1) is 0 Å². The van der Waals surface area contributed by atoms with Gasteiger partial charge in [0.2, 0.25) is 0 Å². The Balaban J connectivity index is 2.96. The van der Waals surface area contributed by atoms with Crippen LogP contribution in [-0.2, 0) is 0 Å². The summed E-state index contributed by atoms with van der Waals surface area (Å²) in [6.07, 6.45) is 0.990. The highest BCUT2D eigenvalue weighted by Gasteiger charge is 2.05. The van der Waals surface area contributed by atoms with Crippen molar-refractivity contribution in [2.45, 2.75) is 27.2 Å². The van der Waals surface area contributed by atoms with Crippen molar-refractivity contribution in [3.8, 4) is 5.75 Å². The minimum absolute atomic E-state index is 0.555. The average Bonchev–Trinajstić information content (AvgIpc) is 2.15. The summed E-state index contributed by atoms with van der Waals surface area (Å²) >= 11 is 0. The van der Waals surface area contributed by atoms with E-state index in [0.717, 1.165) is 23.3 Å². The van der Waals surface area contributed by atoms with Gasteiger partial charge in [-0.05, 0) is 32.4 Å². The van der Waals surface area contributed by atoms with Crippen LogP contribution >= 0.6 is 0 Å². The lowest BCUT2D eigenvalue weighted by atomic mass is 10.1. The molecule has 76 valence electrons. The van der Waals surface area contributed by atoms with Gasteiger partial charge in [0.25, 0.3) is 0 Å². The van der Waals surface area contributed by atoms with Crippen molar-refractivity contribution < 1.29 is 4.74 Å². The van der Waals surface area contributed by atoms with E-state index < -0.39 is 0 Å². The standard InChI is InChI=1S/C12H17NO/c1-4-7-14-12-6-5-9(2)8-11(12)10(3)13/h5-6,8,13H,4,7H2,1-3H3. The lowest BCUT2D eigenvalue weighted by molar-refractivity contribution is 0.317. The molecule has 0 radical (unpaired) electrons. The summed E-state index contributed by atoms with van der Waals surface area (Å²) in [5, 5.41) is 7.63. The van der Waals surface area contributed by atoms with Crippen LogP contribution in [0, 0.1) is 12.3 Å².